The van der Waals surface area contributed by atoms with E-state index in [2.05, 4.69) is 23.3 Å². The Morgan fingerprint density at radius 2 is 1.86 bits per heavy atom. The Morgan fingerprint density at radius 1 is 1.14 bits per heavy atom. The fourth-order valence-electron chi connectivity index (χ4n) is 4.21. The van der Waals surface area contributed by atoms with Gasteiger partial charge in [-0.25, -0.2) is 0 Å². The predicted molar refractivity (Wildman–Crippen MR) is 133 cm³/mol. The van der Waals surface area contributed by atoms with E-state index >= 15 is 0 Å². The van der Waals surface area contributed by atoms with Crippen LogP contribution < -0.4 is 10.6 Å². The van der Waals surface area contributed by atoms with E-state index in [0.717, 1.165) is 23.3 Å². The Kier molecular flexibility index (Phi) is 7.83. The molecule has 2 aromatic carbocycles. The third-order valence-electron chi connectivity index (χ3n) is 5.67. The summed E-state index contributed by atoms with van der Waals surface area (Å²) in [6.45, 7) is 11.4. The molecular formula is C28H30F3N3O2. The van der Waals surface area contributed by atoms with Crippen LogP contribution in [0.15, 0.2) is 66.2 Å². The summed E-state index contributed by atoms with van der Waals surface area (Å²) in [6.07, 6.45) is -3.12. The minimum Gasteiger partial charge on any atom is -0.474 e. The molecule has 2 N–H and O–H groups in total. The molecule has 0 amide bonds. The van der Waals surface area contributed by atoms with Crippen molar-refractivity contribution in [2.45, 2.75) is 64.8 Å². The highest BCUT2D eigenvalue weighted by molar-refractivity contribution is 5.99. The highest BCUT2D eigenvalue weighted by Crippen LogP contribution is 2.36. The molecule has 0 spiro atoms. The molecular weight excluding hydrogens is 467 g/mol. The number of rotatable bonds is 7. The maximum atomic E-state index is 13.3. The van der Waals surface area contributed by atoms with Gasteiger partial charge < -0.3 is 15.4 Å². The number of aryl methyl sites for hydroxylation is 1. The number of nitrogens with one attached hydrogen (secondary N) is 2. The molecule has 0 heterocycles. The van der Waals surface area contributed by atoms with E-state index in [-0.39, 0.29) is 17.4 Å². The van der Waals surface area contributed by atoms with Crippen LogP contribution in [0.5, 0.6) is 0 Å². The molecule has 36 heavy (non-hydrogen) atoms. The molecule has 2 aromatic rings. The number of carbonyl (C=O) groups is 1. The fraction of sp³-hybridized carbons (Fsp3) is 0.357. The summed E-state index contributed by atoms with van der Waals surface area (Å²) < 4.78 is 45.7. The highest BCUT2D eigenvalue weighted by atomic mass is 19.4. The molecule has 0 aromatic heterocycles. The quantitative estimate of drug-likeness (QED) is 0.406. The monoisotopic (exact) mass is 497 g/mol. The molecule has 0 fully saturated rings. The van der Waals surface area contributed by atoms with Crippen LogP contribution in [-0.2, 0) is 15.7 Å². The average Bonchev–Trinajstić information content (AvgIpc) is 2.76. The molecule has 0 aliphatic heterocycles. The topological polar surface area (TPSA) is 74.1 Å². The van der Waals surface area contributed by atoms with Gasteiger partial charge in [-0.2, -0.15) is 18.4 Å². The summed E-state index contributed by atoms with van der Waals surface area (Å²) in [6, 6.07) is 11.5. The van der Waals surface area contributed by atoms with E-state index in [1.807, 2.05) is 27.7 Å². The molecule has 190 valence electrons. The number of hydrogen-bond donors (Lipinski definition) is 2. The number of halogens is 3. The van der Waals surface area contributed by atoms with E-state index in [1.165, 1.54) is 12.1 Å². The number of carbonyl (C=O) groups excluding carboxylic acids is 1. The molecule has 0 radical (unpaired) electrons. The van der Waals surface area contributed by atoms with Crippen molar-refractivity contribution in [1.82, 2.24) is 5.32 Å². The summed E-state index contributed by atoms with van der Waals surface area (Å²) in [5, 5.41) is 15.6. The lowest BCUT2D eigenvalue weighted by Gasteiger charge is -2.32. The molecule has 0 bridgehead atoms. The van der Waals surface area contributed by atoms with Crippen LogP contribution in [0, 0.1) is 18.3 Å². The van der Waals surface area contributed by atoms with Crippen molar-refractivity contribution in [3.63, 3.8) is 0 Å². The molecule has 5 nitrogen and oxygen atoms in total. The fourth-order valence-corrected chi connectivity index (χ4v) is 4.21. The van der Waals surface area contributed by atoms with E-state index < -0.39 is 23.4 Å². The molecule has 1 unspecified atom stereocenters. The van der Waals surface area contributed by atoms with Crippen molar-refractivity contribution in [2.24, 2.45) is 0 Å². The second-order valence-electron chi connectivity index (χ2n) is 9.77. The van der Waals surface area contributed by atoms with E-state index in [1.54, 1.807) is 18.2 Å². The summed E-state index contributed by atoms with van der Waals surface area (Å²) in [5.74, 6) is 0.126. The highest BCUT2D eigenvalue weighted by Gasteiger charge is 2.33. The lowest BCUT2D eigenvalue weighted by molar-refractivity contribution is -0.137. The third-order valence-corrected chi connectivity index (χ3v) is 5.67. The van der Waals surface area contributed by atoms with Crippen LogP contribution in [0.2, 0.25) is 0 Å². The summed E-state index contributed by atoms with van der Waals surface area (Å²) in [7, 11) is 0. The van der Waals surface area contributed by atoms with Crippen LogP contribution in [0.1, 0.15) is 68.3 Å². The molecule has 0 saturated carbocycles. The van der Waals surface area contributed by atoms with Crippen molar-refractivity contribution in [3.05, 3.63) is 88.5 Å². The van der Waals surface area contributed by atoms with Gasteiger partial charge in [0.15, 0.2) is 11.7 Å². The van der Waals surface area contributed by atoms with Crippen LogP contribution >= 0.6 is 0 Å². The largest absolute Gasteiger partial charge is 0.474 e. The average molecular weight is 498 g/mol. The Bertz CT molecular complexity index is 1230. The number of benzene rings is 2. The first kappa shape index (κ1) is 26.9. The molecule has 3 rings (SSSR count). The molecule has 0 saturated heterocycles. The zero-order chi connectivity index (χ0) is 26.7. The van der Waals surface area contributed by atoms with Gasteiger partial charge in [0.05, 0.1) is 23.2 Å². The van der Waals surface area contributed by atoms with Gasteiger partial charge in [-0.3, -0.25) is 4.79 Å². The van der Waals surface area contributed by atoms with Crippen LogP contribution in [0.25, 0.3) is 0 Å². The number of Topliss-reactive ketones (excluding diaryl/α,β-unsaturated/α-hetero) is 1. The Labute approximate surface area is 209 Å². The Morgan fingerprint density at radius 3 is 2.47 bits per heavy atom. The molecule has 1 aliphatic rings. The number of anilines is 1. The minimum atomic E-state index is -4.48. The van der Waals surface area contributed by atoms with Crippen LogP contribution in [-0.4, -0.2) is 11.4 Å². The smallest absolute Gasteiger partial charge is 0.416 e. The molecule has 1 atom stereocenters. The zero-order valence-electron chi connectivity index (χ0n) is 20.8. The normalized spacial score (nSPS) is 15.2. The first-order valence-corrected chi connectivity index (χ1v) is 11.6. The number of allylic oxidation sites excluding steroid dienone is 1. The van der Waals surface area contributed by atoms with Crippen molar-refractivity contribution < 1.29 is 22.7 Å². The second kappa shape index (κ2) is 10.5. The van der Waals surface area contributed by atoms with Gasteiger partial charge in [0, 0.05) is 23.4 Å². The standard InChI is InChI=1S/C28H30F3N3O2/c1-17-14-19(16-32)12-13-22(17)26(33-18(2)36-27(3,4)5)25-23(10-7-11-24(25)35)34-21-9-6-8-20(15-21)28(29,30)31/h6,8-9,12-15,26,33-34H,2,7,10-11H2,1,3-5H3. The van der Waals surface area contributed by atoms with Gasteiger partial charge >= 0.3 is 6.18 Å². The van der Waals surface area contributed by atoms with Gasteiger partial charge in [-0.05, 0) is 88.6 Å². The van der Waals surface area contributed by atoms with Crippen molar-refractivity contribution in [1.29, 1.82) is 5.26 Å². The zero-order valence-corrected chi connectivity index (χ0v) is 20.8. The number of nitrogens with zero attached hydrogens (tertiary/aromatic N) is 1. The van der Waals surface area contributed by atoms with Crippen LogP contribution in [0.4, 0.5) is 18.9 Å². The first-order valence-electron chi connectivity index (χ1n) is 11.6. The predicted octanol–water partition coefficient (Wildman–Crippen LogP) is 6.92. The summed E-state index contributed by atoms with van der Waals surface area (Å²) in [5.41, 5.74) is 1.86. The van der Waals surface area contributed by atoms with Crippen molar-refractivity contribution >= 4 is 11.5 Å². The lowest BCUT2D eigenvalue weighted by atomic mass is 9.84. The van der Waals surface area contributed by atoms with Gasteiger partial charge in [0.25, 0.3) is 0 Å². The van der Waals surface area contributed by atoms with E-state index in [0.29, 0.717) is 36.1 Å². The van der Waals surface area contributed by atoms with E-state index in [9.17, 15) is 23.2 Å². The van der Waals surface area contributed by atoms with Crippen molar-refractivity contribution in [3.8, 4) is 6.07 Å². The number of hydrogen-bond acceptors (Lipinski definition) is 5. The third kappa shape index (κ3) is 6.69. The van der Waals surface area contributed by atoms with E-state index in [4.69, 9.17) is 4.74 Å². The van der Waals surface area contributed by atoms with Gasteiger partial charge in [0.1, 0.15) is 5.60 Å². The number of alkyl halides is 3. The maximum Gasteiger partial charge on any atom is 0.416 e. The second-order valence-corrected chi connectivity index (χ2v) is 9.77. The summed E-state index contributed by atoms with van der Waals surface area (Å²) in [4.78, 5) is 13.3. The first-order chi connectivity index (χ1) is 16.8. The minimum absolute atomic E-state index is 0.124. The summed E-state index contributed by atoms with van der Waals surface area (Å²) >= 11 is 0. The number of nitriles is 1. The van der Waals surface area contributed by atoms with Gasteiger partial charge in [0.2, 0.25) is 0 Å². The van der Waals surface area contributed by atoms with Crippen LogP contribution in [0.3, 0.4) is 0 Å². The lowest BCUT2D eigenvalue weighted by Crippen LogP contribution is -2.33. The number of ether oxygens (including phenoxy) is 1. The molecule has 1 aliphatic carbocycles. The molecule has 8 heteroatoms. The van der Waals surface area contributed by atoms with Gasteiger partial charge in [-0.1, -0.05) is 12.1 Å². The maximum absolute atomic E-state index is 13.3. The SMILES string of the molecule is C=C(NC(C1=C(Nc2cccc(C(F)(F)F)c2)CCCC1=O)c1ccc(C#N)cc1C)OC(C)(C)C. The number of ketones is 1. The Hall–Kier alpha value is -3.73. The van der Waals surface area contributed by atoms with Crippen molar-refractivity contribution in [2.75, 3.05) is 5.32 Å². The Balaban J connectivity index is 2.11. The van der Waals surface area contributed by atoms with Gasteiger partial charge in [-0.15, -0.1) is 0 Å².